The Balaban J connectivity index is 1.29. The summed E-state index contributed by atoms with van der Waals surface area (Å²) in [5, 5.41) is 0. The third-order valence-corrected chi connectivity index (χ3v) is 6.99. The molecule has 1 amide bonds. The molecule has 2 aromatic rings. The predicted molar refractivity (Wildman–Crippen MR) is 135 cm³/mol. The van der Waals surface area contributed by atoms with Crippen LogP contribution in [0.2, 0.25) is 0 Å². The molecule has 0 saturated carbocycles. The molecule has 0 spiro atoms. The van der Waals surface area contributed by atoms with E-state index in [1.54, 1.807) is 0 Å². The summed E-state index contributed by atoms with van der Waals surface area (Å²) in [4.78, 5) is 32.2. The highest BCUT2D eigenvalue weighted by molar-refractivity contribution is 6.00. The van der Waals surface area contributed by atoms with Crippen LogP contribution < -0.4 is 9.80 Å². The summed E-state index contributed by atoms with van der Waals surface area (Å²) < 4.78 is 0. The number of para-hydroxylation sites is 1. The highest BCUT2D eigenvalue weighted by atomic mass is 16.2. The number of hydrogen-bond donors (Lipinski definition) is 0. The van der Waals surface area contributed by atoms with Crippen molar-refractivity contribution in [3.05, 3.63) is 59.7 Å². The third kappa shape index (κ3) is 6.02. The Morgan fingerprint density at radius 1 is 0.879 bits per heavy atom. The van der Waals surface area contributed by atoms with E-state index >= 15 is 0 Å². The number of ketones is 1. The lowest BCUT2D eigenvalue weighted by molar-refractivity contribution is -0.118. The zero-order chi connectivity index (χ0) is 23.0. The topological polar surface area (TPSA) is 43.9 Å². The highest BCUT2D eigenvalue weighted by Crippen LogP contribution is 2.29. The fourth-order valence-electron chi connectivity index (χ4n) is 4.95. The van der Waals surface area contributed by atoms with Crippen molar-refractivity contribution < 1.29 is 9.59 Å². The van der Waals surface area contributed by atoms with Crippen LogP contribution >= 0.6 is 0 Å². The van der Waals surface area contributed by atoms with Crippen LogP contribution in [0.3, 0.4) is 0 Å². The zero-order valence-corrected chi connectivity index (χ0v) is 20.0. The average molecular weight is 448 g/mol. The van der Waals surface area contributed by atoms with Crippen molar-refractivity contribution in [2.24, 2.45) is 0 Å². The number of unbranched alkanes of at least 4 members (excludes halogenated alkanes) is 3. The fourth-order valence-corrected chi connectivity index (χ4v) is 4.95. The van der Waals surface area contributed by atoms with Gasteiger partial charge in [-0.1, -0.05) is 44.4 Å². The molecule has 0 atom stereocenters. The van der Waals surface area contributed by atoms with Crippen molar-refractivity contribution >= 4 is 23.1 Å². The molecule has 2 aromatic carbocycles. The van der Waals surface area contributed by atoms with Crippen LogP contribution in [0, 0.1) is 0 Å². The first-order valence-electron chi connectivity index (χ1n) is 12.6. The van der Waals surface area contributed by atoms with Crippen molar-refractivity contribution in [1.82, 2.24) is 4.90 Å². The number of aryl methyl sites for hydroxylation is 1. The molecular weight excluding hydrogens is 410 g/mol. The summed E-state index contributed by atoms with van der Waals surface area (Å²) in [6.45, 7) is 7.76. The van der Waals surface area contributed by atoms with Gasteiger partial charge in [-0.15, -0.1) is 0 Å². The number of piperazine rings is 1. The minimum atomic E-state index is 0.203. The SMILES string of the molecule is CCCCCCN1C(=O)CCc2cc(C(=O)CCN3CCN(c4ccccc4)CC3)ccc21. The second-order valence-corrected chi connectivity index (χ2v) is 9.29. The number of hydrogen-bond acceptors (Lipinski definition) is 4. The van der Waals surface area contributed by atoms with Crippen LogP contribution in [-0.2, 0) is 11.2 Å². The Labute approximate surface area is 198 Å². The Morgan fingerprint density at radius 2 is 1.67 bits per heavy atom. The van der Waals surface area contributed by atoms with Gasteiger partial charge in [0.05, 0.1) is 0 Å². The number of amides is 1. The number of Topliss-reactive ketones (excluding diaryl/α,β-unsaturated/α-hetero) is 1. The van der Waals surface area contributed by atoms with Gasteiger partial charge in [-0.2, -0.15) is 0 Å². The number of rotatable bonds is 10. The summed E-state index contributed by atoms with van der Waals surface area (Å²) in [7, 11) is 0. The van der Waals surface area contributed by atoms with E-state index in [1.807, 2.05) is 23.1 Å². The third-order valence-electron chi connectivity index (χ3n) is 6.99. The zero-order valence-electron chi connectivity index (χ0n) is 20.0. The number of fused-ring (bicyclic) bond motifs is 1. The van der Waals surface area contributed by atoms with Gasteiger partial charge in [-0.3, -0.25) is 14.5 Å². The minimum Gasteiger partial charge on any atom is -0.369 e. The van der Waals surface area contributed by atoms with Gasteiger partial charge in [0.1, 0.15) is 0 Å². The molecule has 1 saturated heterocycles. The summed E-state index contributed by atoms with van der Waals surface area (Å²) in [6.07, 6.45) is 6.43. The summed E-state index contributed by atoms with van der Waals surface area (Å²) in [5.41, 5.74) is 4.22. The molecule has 2 heterocycles. The molecule has 5 heteroatoms. The van der Waals surface area contributed by atoms with Crippen LogP contribution in [-0.4, -0.2) is 55.9 Å². The minimum absolute atomic E-state index is 0.203. The van der Waals surface area contributed by atoms with Gasteiger partial charge in [-0.05, 0) is 48.7 Å². The normalized spacial score (nSPS) is 16.7. The number of benzene rings is 2. The quantitative estimate of drug-likeness (QED) is 0.382. The van der Waals surface area contributed by atoms with E-state index in [-0.39, 0.29) is 11.7 Å². The van der Waals surface area contributed by atoms with E-state index in [1.165, 1.54) is 18.5 Å². The monoisotopic (exact) mass is 447 g/mol. The van der Waals surface area contributed by atoms with Crippen molar-refractivity contribution in [2.75, 3.05) is 49.1 Å². The highest BCUT2D eigenvalue weighted by Gasteiger charge is 2.25. The van der Waals surface area contributed by atoms with Gasteiger partial charge in [0.2, 0.25) is 5.91 Å². The van der Waals surface area contributed by atoms with E-state index in [2.05, 4.69) is 47.1 Å². The lowest BCUT2D eigenvalue weighted by atomic mass is 9.96. The Kier molecular flexibility index (Phi) is 8.16. The Hall–Kier alpha value is -2.66. The number of nitrogens with zero attached hydrogens (tertiary/aromatic N) is 3. The van der Waals surface area contributed by atoms with Gasteiger partial charge in [0.15, 0.2) is 5.78 Å². The van der Waals surface area contributed by atoms with Crippen LogP contribution in [0.25, 0.3) is 0 Å². The van der Waals surface area contributed by atoms with Gasteiger partial charge in [0, 0.05) is 69.0 Å². The molecule has 1 fully saturated rings. The molecule has 176 valence electrons. The maximum absolute atomic E-state index is 12.9. The molecule has 2 aliphatic rings. The van der Waals surface area contributed by atoms with E-state index in [0.717, 1.165) is 75.3 Å². The molecular formula is C28H37N3O2. The molecule has 2 aliphatic heterocycles. The lowest BCUT2D eigenvalue weighted by Gasteiger charge is -2.36. The van der Waals surface area contributed by atoms with Crippen molar-refractivity contribution in [3.63, 3.8) is 0 Å². The second-order valence-electron chi connectivity index (χ2n) is 9.29. The Morgan fingerprint density at radius 3 is 2.42 bits per heavy atom. The predicted octanol–water partition coefficient (Wildman–Crippen LogP) is 4.94. The molecule has 5 nitrogen and oxygen atoms in total. The van der Waals surface area contributed by atoms with Gasteiger partial charge in [-0.25, -0.2) is 0 Å². The largest absolute Gasteiger partial charge is 0.369 e. The van der Waals surface area contributed by atoms with Gasteiger partial charge >= 0.3 is 0 Å². The molecule has 0 N–H and O–H groups in total. The number of anilines is 2. The van der Waals surface area contributed by atoms with Crippen LogP contribution in [0.5, 0.6) is 0 Å². The fraction of sp³-hybridized carbons (Fsp3) is 0.500. The second kappa shape index (κ2) is 11.5. The average Bonchev–Trinajstić information content (AvgIpc) is 2.86. The molecule has 0 aliphatic carbocycles. The van der Waals surface area contributed by atoms with Gasteiger partial charge in [0.25, 0.3) is 0 Å². The number of carbonyl (C=O) groups excluding carboxylic acids is 2. The maximum Gasteiger partial charge on any atom is 0.227 e. The Bertz CT molecular complexity index is 935. The summed E-state index contributed by atoms with van der Waals surface area (Å²) >= 11 is 0. The molecule has 0 bridgehead atoms. The van der Waals surface area contributed by atoms with E-state index in [9.17, 15) is 9.59 Å². The van der Waals surface area contributed by atoms with Crippen molar-refractivity contribution in [3.8, 4) is 0 Å². The van der Waals surface area contributed by atoms with Gasteiger partial charge < -0.3 is 9.80 Å². The number of carbonyl (C=O) groups is 2. The van der Waals surface area contributed by atoms with Crippen LogP contribution in [0.1, 0.15) is 61.4 Å². The smallest absolute Gasteiger partial charge is 0.227 e. The summed E-state index contributed by atoms with van der Waals surface area (Å²) in [5.74, 6) is 0.419. The first-order valence-corrected chi connectivity index (χ1v) is 12.6. The molecule has 4 rings (SSSR count). The molecule has 33 heavy (non-hydrogen) atoms. The first-order chi connectivity index (χ1) is 16.2. The van der Waals surface area contributed by atoms with Crippen LogP contribution in [0.4, 0.5) is 11.4 Å². The lowest BCUT2D eigenvalue weighted by Crippen LogP contribution is -2.46. The molecule has 0 radical (unpaired) electrons. The summed E-state index contributed by atoms with van der Waals surface area (Å²) in [6, 6.07) is 16.5. The van der Waals surface area contributed by atoms with Crippen molar-refractivity contribution in [1.29, 1.82) is 0 Å². The molecule has 0 aromatic heterocycles. The maximum atomic E-state index is 12.9. The standard InChI is InChI=1S/C28H37N3O2/c1-2-3-4-8-16-31-26-13-11-24(22-23(26)12-14-28(31)33)27(32)15-17-29-18-20-30(21-19-29)25-9-6-5-7-10-25/h5-7,9-11,13,22H,2-4,8,12,14-21H2,1H3. The first kappa shape index (κ1) is 23.5. The van der Waals surface area contributed by atoms with Crippen LogP contribution in [0.15, 0.2) is 48.5 Å². The van der Waals surface area contributed by atoms with Crippen molar-refractivity contribution in [2.45, 2.75) is 51.9 Å². The molecule has 0 unspecified atom stereocenters. The van der Waals surface area contributed by atoms with E-state index < -0.39 is 0 Å². The van der Waals surface area contributed by atoms with E-state index in [4.69, 9.17) is 0 Å². The van der Waals surface area contributed by atoms with E-state index in [0.29, 0.717) is 12.8 Å².